The first-order valence-electron chi connectivity index (χ1n) is 5.84. The van der Waals surface area contributed by atoms with Crippen LogP contribution in [0.4, 0.5) is 0 Å². The van der Waals surface area contributed by atoms with Crippen molar-refractivity contribution in [2.24, 2.45) is 0 Å². The number of hydrogen-bond acceptors (Lipinski definition) is 1. The molecular formula is C16H15NO. The summed E-state index contributed by atoms with van der Waals surface area (Å²) in [5.41, 5.74) is 1.68. The first-order valence-corrected chi connectivity index (χ1v) is 5.84. The average molecular weight is 237 g/mol. The van der Waals surface area contributed by atoms with Crippen LogP contribution in [0.5, 0.6) is 0 Å². The summed E-state index contributed by atoms with van der Waals surface area (Å²) in [5.74, 6) is -0.0932. The zero-order valence-electron chi connectivity index (χ0n) is 10.0. The molecule has 2 nitrogen and oxygen atoms in total. The zero-order chi connectivity index (χ0) is 12.8. The van der Waals surface area contributed by atoms with Crippen molar-refractivity contribution < 1.29 is 4.79 Å². The van der Waals surface area contributed by atoms with Crippen LogP contribution in [0.15, 0.2) is 73.3 Å². The van der Waals surface area contributed by atoms with Gasteiger partial charge in [0.25, 0.3) is 5.91 Å². The van der Waals surface area contributed by atoms with Gasteiger partial charge in [0.05, 0.1) is 6.04 Å². The Morgan fingerprint density at radius 1 is 1.00 bits per heavy atom. The molecular weight excluding hydrogens is 222 g/mol. The van der Waals surface area contributed by atoms with E-state index in [1.54, 1.807) is 18.2 Å². The Morgan fingerprint density at radius 2 is 1.56 bits per heavy atom. The fourth-order valence-corrected chi connectivity index (χ4v) is 1.75. The van der Waals surface area contributed by atoms with Gasteiger partial charge in [-0.3, -0.25) is 4.79 Å². The standard InChI is InChI=1S/C16H15NO/c1-2-15(13-9-5-3-6-10-13)17-16(18)14-11-7-4-8-12-14/h2-12,15H,1H2,(H,17,18)/t15-/m0/s1. The van der Waals surface area contributed by atoms with Gasteiger partial charge in [0, 0.05) is 5.56 Å². The van der Waals surface area contributed by atoms with Gasteiger partial charge >= 0.3 is 0 Å². The molecule has 0 fully saturated rings. The summed E-state index contributed by atoms with van der Waals surface area (Å²) in [7, 11) is 0. The molecule has 0 saturated carbocycles. The molecule has 1 N–H and O–H groups in total. The van der Waals surface area contributed by atoms with Crippen molar-refractivity contribution in [3.8, 4) is 0 Å². The highest BCUT2D eigenvalue weighted by Gasteiger charge is 2.11. The van der Waals surface area contributed by atoms with Gasteiger partial charge in [-0.25, -0.2) is 0 Å². The molecule has 2 aromatic carbocycles. The molecule has 0 aliphatic carbocycles. The summed E-state index contributed by atoms with van der Waals surface area (Å²) in [6.45, 7) is 3.77. The van der Waals surface area contributed by atoms with Crippen LogP contribution < -0.4 is 5.32 Å². The summed E-state index contributed by atoms with van der Waals surface area (Å²) in [6.07, 6.45) is 1.73. The van der Waals surface area contributed by atoms with E-state index in [0.29, 0.717) is 5.56 Å². The lowest BCUT2D eigenvalue weighted by atomic mass is 10.1. The number of benzene rings is 2. The largest absolute Gasteiger partial charge is 0.342 e. The van der Waals surface area contributed by atoms with Crippen LogP contribution in [0.1, 0.15) is 22.0 Å². The highest BCUT2D eigenvalue weighted by Crippen LogP contribution is 2.14. The molecule has 0 aliphatic rings. The molecule has 0 spiro atoms. The van der Waals surface area contributed by atoms with Gasteiger partial charge in [-0.15, -0.1) is 6.58 Å². The first-order chi connectivity index (χ1) is 8.81. The lowest BCUT2D eigenvalue weighted by Crippen LogP contribution is -2.27. The Balaban J connectivity index is 2.13. The molecule has 0 aromatic heterocycles. The lowest BCUT2D eigenvalue weighted by molar-refractivity contribution is 0.0944. The molecule has 0 aliphatic heterocycles. The van der Waals surface area contributed by atoms with E-state index in [1.165, 1.54) is 0 Å². The molecule has 0 saturated heterocycles. The third-order valence-corrected chi connectivity index (χ3v) is 2.72. The van der Waals surface area contributed by atoms with Gasteiger partial charge in [0.2, 0.25) is 0 Å². The Morgan fingerprint density at radius 3 is 2.11 bits per heavy atom. The van der Waals surface area contributed by atoms with E-state index in [-0.39, 0.29) is 11.9 Å². The second-order valence-corrected chi connectivity index (χ2v) is 3.96. The topological polar surface area (TPSA) is 29.1 Å². The molecule has 90 valence electrons. The van der Waals surface area contributed by atoms with E-state index in [1.807, 2.05) is 48.5 Å². The zero-order valence-corrected chi connectivity index (χ0v) is 10.0. The first kappa shape index (κ1) is 12.1. The number of amides is 1. The SMILES string of the molecule is C=C[C@H](NC(=O)c1ccccc1)c1ccccc1. The molecule has 0 unspecified atom stereocenters. The second kappa shape index (κ2) is 5.82. The monoisotopic (exact) mass is 237 g/mol. The number of hydrogen-bond donors (Lipinski definition) is 1. The van der Waals surface area contributed by atoms with Crippen LogP contribution in [0.25, 0.3) is 0 Å². The van der Waals surface area contributed by atoms with E-state index in [9.17, 15) is 4.79 Å². The van der Waals surface area contributed by atoms with Crippen molar-refractivity contribution >= 4 is 5.91 Å². The van der Waals surface area contributed by atoms with Crippen LogP contribution in [-0.2, 0) is 0 Å². The van der Waals surface area contributed by atoms with Crippen LogP contribution in [0, 0.1) is 0 Å². The Bertz CT molecular complexity index is 519. The number of carbonyl (C=O) groups is 1. The second-order valence-electron chi connectivity index (χ2n) is 3.96. The van der Waals surface area contributed by atoms with Crippen LogP contribution in [-0.4, -0.2) is 5.91 Å². The van der Waals surface area contributed by atoms with E-state index in [2.05, 4.69) is 11.9 Å². The summed E-state index contributed by atoms with van der Waals surface area (Å²) in [6, 6.07) is 18.8. The average Bonchev–Trinajstić information content (AvgIpc) is 2.46. The van der Waals surface area contributed by atoms with E-state index in [0.717, 1.165) is 5.56 Å². The van der Waals surface area contributed by atoms with Gasteiger partial charge in [-0.2, -0.15) is 0 Å². The highest BCUT2D eigenvalue weighted by atomic mass is 16.1. The van der Waals surface area contributed by atoms with Crippen molar-refractivity contribution in [1.82, 2.24) is 5.32 Å². The molecule has 1 amide bonds. The number of carbonyl (C=O) groups excluding carboxylic acids is 1. The molecule has 0 bridgehead atoms. The predicted molar refractivity (Wildman–Crippen MR) is 73.3 cm³/mol. The minimum atomic E-state index is -0.168. The summed E-state index contributed by atoms with van der Waals surface area (Å²) in [5, 5.41) is 2.94. The smallest absolute Gasteiger partial charge is 0.252 e. The highest BCUT2D eigenvalue weighted by molar-refractivity contribution is 5.94. The minimum Gasteiger partial charge on any atom is -0.342 e. The quantitative estimate of drug-likeness (QED) is 0.812. The molecule has 2 heteroatoms. The number of nitrogens with one attached hydrogen (secondary N) is 1. The maximum atomic E-state index is 12.0. The van der Waals surface area contributed by atoms with Crippen molar-refractivity contribution in [3.63, 3.8) is 0 Å². The maximum absolute atomic E-state index is 12.0. The van der Waals surface area contributed by atoms with Gasteiger partial charge < -0.3 is 5.32 Å². The molecule has 0 heterocycles. The van der Waals surface area contributed by atoms with Crippen molar-refractivity contribution in [1.29, 1.82) is 0 Å². The van der Waals surface area contributed by atoms with Gasteiger partial charge in [-0.1, -0.05) is 54.6 Å². The van der Waals surface area contributed by atoms with Crippen molar-refractivity contribution in [2.75, 3.05) is 0 Å². The minimum absolute atomic E-state index is 0.0932. The predicted octanol–water partition coefficient (Wildman–Crippen LogP) is 3.34. The third kappa shape index (κ3) is 2.86. The summed E-state index contributed by atoms with van der Waals surface area (Å²) < 4.78 is 0. The third-order valence-electron chi connectivity index (χ3n) is 2.72. The lowest BCUT2D eigenvalue weighted by Gasteiger charge is -2.15. The van der Waals surface area contributed by atoms with Crippen LogP contribution in [0.2, 0.25) is 0 Å². The molecule has 1 atom stereocenters. The van der Waals surface area contributed by atoms with Crippen LogP contribution >= 0.6 is 0 Å². The molecule has 0 radical (unpaired) electrons. The van der Waals surface area contributed by atoms with Gasteiger partial charge in [0.1, 0.15) is 0 Å². The fraction of sp³-hybridized carbons (Fsp3) is 0.0625. The Kier molecular flexibility index (Phi) is 3.92. The summed E-state index contributed by atoms with van der Waals surface area (Å²) >= 11 is 0. The maximum Gasteiger partial charge on any atom is 0.252 e. The van der Waals surface area contributed by atoms with Crippen molar-refractivity contribution in [2.45, 2.75) is 6.04 Å². The van der Waals surface area contributed by atoms with E-state index < -0.39 is 0 Å². The molecule has 2 rings (SSSR count). The molecule has 18 heavy (non-hydrogen) atoms. The molecule has 2 aromatic rings. The van der Waals surface area contributed by atoms with Gasteiger partial charge in [0.15, 0.2) is 0 Å². The number of rotatable bonds is 4. The summed E-state index contributed by atoms with van der Waals surface area (Å²) in [4.78, 5) is 12.0. The van der Waals surface area contributed by atoms with E-state index in [4.69, 9.17) is 0 Å². The Hall–Kier alpha value is -2.35. The van der Waals surface area contributed by atoms with Gasteiger partial charge in [-0.05, 0) is 17.7 Å². The Labute approximate surface area is 107 Å². The van der Waals surface area contributed by atoms with E-state index >= 15 is 0 Å². The van der Waals surface area contributed by atoms with Crippen molar-refractivity contribution in [3.05, 3.63) is 84.4 Å². The van der Waals surface area contributed by atoms with Crippen LogP contribution in [0.3, 0.4) is 0 Å². The normalized spacial score (nSPS) is 11.6. The fourth-order valence-electron chi connectivity index (χ4n) is 1.75.